The Bertz CT molecular complexity index is 615. The zero-order chi connectivity index (χ0) is 13.2. The van der Waals surface area contributed by atoms with Crippen molar-refractivity contribution in [2.24, 2.45) is 0 Å². The lowest BCUT2D eigenvalue weighted by molar-refractivity contribution is -0.117. The predicted octanol–water partition coefficient (Wildman–Crippen LogP) is 3.29. The van der Waals surface area contributed by atoms with Crippen LogP contribution in [0.2, 0.25) is 0 Å². The molecule has 3 rings (SSSR count). The lowest BCUT2D eigenvalue weighted by Gasteiger charge is -2.04. The number of thiazole rings is 1. The molecular formula is C16H17NOS. The van der Waals surface area contributed by atoms with Crippen LogP contribution in [0.3, 0.4) is 0 Å². The van der Waals surface area contributed by atoms with Gasteiger partial charge >= 0.3 is 0 Å². The van der Waals surface area contributed by atoms with E-state index in [9.17, 15) is 4.79 Å². The average molecular weight is 271 g/mol. The number of ketones is 1. The standard InChI is InChI=1S/C16H17NOS/c1-11-17-15(10-19-11)9-16(18)8-12-5-6-13-3-2-4-14(13)7-12/h5-7,10H,2-4,8-9H2,1H3. The minimum Gasteiger partial charge on any atom is -0.299 e. The molecule has 1 heterocycles. The number of hydrogen-bond donors (Lipinski definition) is 0. The van der Waals surface area contributed by atoms with Crippen molar-refractivity contribution in [3.8, 4) is 0 Å². The molecule has 1 aromatic heterocycles. The first-order valence-electron chi connectivity index (χ1n) is 6.74. The molecule has 0 spiro atoms. The molecule has 0 fully saturated rings. The van der Waals surface area contributed by atoms with Crippen molar-refractivity contribution >= 4 is 17.1 Å². The van der Waals surface area contributed by atoms with E-state index in [-0.39, 0.29) is 5.78 Å². The number of carbonyl (C=O) groups is 1. The summed E-state index contributed by atoms with van der Waals surface area (Å²) in [5.41, 5.74) is 4.97. The normalized spacial score (nSPS) is 13.5. The van der Waals surface area contributed by atoms with Crippen LogP contribution in [0.4, 0.5) is 0 Å². The van der Waals surface area contributed by atoms with E-state index in [0.717, 1.165) is 16.3 Å². The Morgan fingerprint density at radius 2 is 2.11 bits per heavy atom. The van der Waals surface area contributed by atoms with Gasteiger partial charge in [-0.1, -0.05) is 18.2 Å². The van der Waals surface area contributed by atoms with Crippen LogP contribution >= 0.6 is 11.3 Å². The smallest absolute Gasteiger partial charge is 0.143 e. The number of benzene rings is 1. The van der Waals surface area contributed by atoms with Gasteiger partial charge in [-0.3, -0.25) is 4.79 Å². The largest absolute Gasteiger partial charge is 0.299 e. The molecular weight excluding hydrogens is 254 g/mol. The van der Waals surface area contributed by atoms with Crippen molar-refractivity contribution in [2.75, 3.05) is 0 Å². The molecule has 1 aliphatic rings. The summed E-state index contributed by atoms with van der Waals surface area (Å²) in [5.74, 6) is 0.253. The van der Waals surface area contributed by atoms with E-state index < -0.39 is 0 Å². The molecule has 2 aromatic rings. The second-order valence-electron chi connectivity index (χ2n) is 5.21. The summed E-state index contributed by atoms with van der Waals surface area (Å²) in [6.07, 6.45) is 4.61. The molecule has 0 N–H and O–H groups in total. The summed E-state index contributed by atoms with van der Waals surface area (Å²) >= 11 is 1.61. The summed E-state index contributed by atoms with van der Waals surface area (Å²) < 4.78 is 0. The summed E-state index contributed by atoms with van der Waals surface area (Å²) in [6.45, 7) is 1.97. The molecule has 1 aromatic carbocycles. The minimum absolute atomic E-state index is 0.253. The molecule has 2 nitrogen and oxygen atoms in total. The molecule has 0 bridgehead atoms. The summed E-state index contributed by atoms with van der Waals surface area (Å²) in [5, 5.41) is 3.01. The molecule has 0 saturated carbocycles. The van der Waals surface area contributed by atoms with Crippen molar-refractivity contribution in [1.29, 1.82) is 0 Å². The third kappa shape index (κ3) is 2.92. The Morgan fingerprint density at radius 1 is 1.26 bits per heavy atom. The van der Waals surface area contributed by atoms with Gasteiger partial charge in [0, 0.05) is 18.2 Å². The van der Waals surface area contributed by atoms with E-state index in [1.807, 2.05) is 12.3 Å². The maximum absolute atomic E-state index is 12.1. The number of aromatic nitrogens is 1. The first-order chi connectivity index (χ1) is 9.20. The van der Waals surface area contributed by atoms with Gasteiger partial charge in [-0.25, -0.2) is 4.98 Å². The quantitative estimate of drug-likeness (QED) is 0.854. The van der Waals surface area contributed by atoms with Crippen LogP contribution < -0.4 is 0 Å². The van der Waals surface area contributed by atoms with E-state index in [2.05, 4.69) is 23.2 Å². The Labute approximate surface area is 117 Å². The first kappa shape index (κ1) is 12.5. The molecule has 0 amide bonds. The third-order valence-electron chi connectivity index (χ3n) is 3.61. The second kappa shape index (κ2) is 5.25. The molecule has 0 unspecified atom stereocenters. The first-order valence-corrected chi connectivity index (χ1v) is 7.62. The van der Waals surface area contributed by atoms with Gasteiger partial charge in [-0.15, -0.1) is 11.3 Å². The molecule has 0 radical (unpaired) electrons. The number of nitrogens with zero attached hydrogens (tertiary/aromatic N) is 1. The Hall–Kier alpha value is -1.48. The Kier molecular flexibility index (Phi) is 3.47. The molecule has 98 valence electrons. The van der Waals surface area contributed by atoms with Crippen LogP contribution in [0.25, 0.3) is 0 Å². The van der Waals surface area contributed by atoms with Crippen molar-refractivity contribution < 1.29 is 4.79 Å². The molecule has 0 aliphatic heterocycles. The molecule has 3 heteroatoms. The van der Waals surface area contributed by atoms with E-state index in [1.165, 1.54) is 30.4 Å². The van der Waals surface area contributed by atoms with Gasteiger partial charge in [0.05, 0.1) is 10.7 Å². The van der Waals surface area contributed by atoms with Gasteiger partial charge in [0.25, 0.3) is 0 Å². The number of Topliss-reactive ketones (excluding diaryl/α,β-unsaturated/α-hetero) is 1. The van der Waals surface area contributed by atoms with Crippen LogP contribution in [0.15, 0.2) is 23.6 Å². The Morgan fingerprint density at radius 3 is 2.89 bits per heavy atom. The van der Waals surface area contributed by atoms with Crippen molar-refractivity contribution in [3.05, 3.63) is 51.0 Å². The average Bonchev–Trinajstić information content (AvgIpc) is 2.97. The fraction of sp³-hybridized carbons (Fsp3) is 0.375. The van der Waals surface area contributed by atoms with Gasteiger partial charge < -0.3 is 0 Å². The van der Waals surface area contributed by atoms with E-state index in [0.29, 0.717) is 12.8 Å². The zero-order valence-electron chi connectivity index (χ0n) is 11.1. The number of rotatable bonds is 4. The number of aryl methyl sites for hydroxylation is 3. The van der Waals surface area contributed by atoms with Crippen molar-refractivity contribution in [3.63, 3.8) is 0 Å². The van der Waals surface area contributed by atoms with E-state index >= 15 is 0 Å². The zero-order valence-corrected chi connectivity index (χ0v) is 11.9. The van der Waals surface area contributed by atoms with Crippen molar-refractivity contribution in [1.82, 2.24) is 4.98 Å². The fourth-order valence-electron chi connectivity index (χ4n) is 2.72. The number of fused-ring (bicyclic) bond motifs is 1. The lowest BCUT2D eigenvalue weighted by Crippen LogP contribution is -2.07. The lowest BCUT2D eigenvalue weighted by atomic mass is 10.0. The Balaban J connectivity index is 1.66. The van der Waals surface area contributed by atoms with Gasteiger partial charge in [-0.2, -0.15) is 0 Å². The SMILES string of the molecule is Cc1nc(CC(=O)Cc2ccc3c(c2)CCC3)cs1. The van der Waals surface area contributed by atoms with Crippen LogP contribution in [0.5, 0.6) is 0 Å². The third-order valence-corrected chi connectivity index (χ3v) is 4.43. The van der Waals surface area contributed by atoms with E-state index in [4.69, 9.17) is 0 Å². The molecule has 19 heavy (non-hydrogen) atoms. The predicted molar refractivity (Wildman–Crippen MR) is 77.7 cm³/mol. The molecule has 1 aliphatic carbocycles. The number of hydrogen-bond acceptors (Lipinski definition) is 3. The maximum atomic E-state index is 12.1. The summed E-state index contributed by atoms with van der Waals surface area (Å²) in [7, 11) is 0. The van der Waals surface area contributed by atoms with Crippen molar-refractivity contribution in [2.45, 2.75) is 39.0 Å². The second-order valence-corrected chi connectivity index (χ2v) is 6.27. The number of carbonyl (C=O) groups excluding carboxylic acids is 1. The van der Waals surface area contributed by atoms with Gasteiger partial charge in [0.15, 0.2) is 0 Å². The maximum Gasteiger partial charge on any atom is 0.143 e. The van der Waals surface area contributed by atoms with E-state index in [1.54, 1.807) is 11.3 Å². The van der Waals surface area contributed by atoms with Gasteiger partial charge in [0.1, 0.15) is 5.78 Å². The highest BCUT2D eigenvalue weighted by Gasteiger charge is 2.13. The topological polar surface area (TPSA) is 30.0 Å². The molecule has 0 atom stereocenters. The van der Waals surface area contributed by atoms with Gasteiger partial charge in [0.2, 0.25) is 0 Å². The minimum atomic E-state index is 0.253. The van der Waals surface area contributed by atoms with Crippen LogP contribution in [0.1, 0.15) is 33.8 Å². The van der Waals surface area contributed by atoms with Crippen LogP contribution in [-0.2, 0) is 30.5 Å². The highest BCUT2D eigenvalue weighted by atomic mass is 32.1. The summed E-state index contributed by atoms with van der Waals surface area (Å²) in [4.78, 5) is 16.4. The fourth-order valence-corrected chi connectivity index (χ4v) is 3.33. The highest BCUT2D eigenvalue weighted by Crippen LogP contribution is 2.23. The van der Waals surface area contributed by atoms with Crippen LogP contribution in [0, 0.1) is 6.92 Å². The molecule has 0 saturated heterocycles. The monoisotopic (exact) mass is 271 g/mol. The highest BCUT2D eigenvalue weighted by molar-refractivity contribution is 7.09. The van der Waals surface area contributed by atoms with Crippen LogP contribution in [-0.4, -0.2) is 10.8 Å². The van der Waals surface area contributed by atoms with Gasteiger partial charge in [-0.05, 0) is 42.9 Å². The summed E-state index contributed by atoms with van der Waals surface area (Å²) in [6, 6.07) is 6.51.